The van der Waals surface area contributed by atoms with Gasteiger partial charge in [-0.1, -0.05) is 74.5 Å². The zero-order valence-corrected chi connectivity index (χ0v) is 16.4. The van der Waals surface area contributed by atoms with E-state index in [-0.39, 0.29) is 24.3 Å². The van der Waals surface area contributed by atoms with E-state index in [2.05, 4.69) is 36.6 Å². The van der Waals surface area contributed by atoms with Crippen LogP contribution in [-0.2, 0) is 16.0 Å². The number of amides is 2. The number of hydrogen-bond donors (Lipinski definition) is 2. The first-order chi connectivity index (χ1) is 13.0. The van der Waals surface area contributed by atoms with Gasteiger partial charge in [-0.2, -0.15) is 0 Å². The van der Waals surface area contributed by atoms with Gasteiger partial charge in [0, 0.05) is 13.5 Å². The molecule has 27 heavy (non-hydrogen) atoms. The Hall–Kier alpha value is -2.62. The molecule has 4 heteroatoms. The van der Waals surface area contributed by atoms with Gasteiger partial charge in [0.25, 0.3) is 0 Å². The predicted octanol–water partition coefficient (Wildman–Crippen LogP) is 3.89. The van der Waals surface area contributed by atoms with Crippen LogP contribution in [0, 0.1) is 11.8 Å². The van der Waals surface area contributed by atoms with Gasteiger partial charge in [0.2, 0.25) is 11.8 Å². The van der Waals surface area contributed by atoms with E-state index in [1.807, 2.05) is 48.5 Å². The Morgan fingerprint density at radius 1 is 0.926 bits per heavy atom. The minimum absolute atomic E-state index is 0.0451. The molecule has 144 valence electrons. The third-order valence-corrected chi connectivity index (χ3v) is 4.81. The molecule has 0 fully saturated rings. The molecule has 2 amide bonds. The third-order valence-electron chi connectivity index (χ3n) is 4.81. The number of carbonyl (C=O) groups excluding carboxylic acids is 2. The Kier molecular flexibility index (Phi) is 8.05. The van der Waals surface area contributed by atoms with Crippen molar-refractivity contribution in [3.05, 3.63) is 71.8 Å². The normalized spacial score (nSPS) is 13.0. The summed E-state index contributed by atoms with van der Waals surface area (Å²) in [6, 6.07) is 19.7. The average molecular weight is 367 g/mol. The van der Waals surface area contributed by atoms with Crippen LogP contribution in [0.3, 0.4) is 0 Å². The second-order valence-electron chi connectivity index (χ2n) is 7.37. The van der Waals surface area contributed by atoms with E-state index in [0.29, 0.717) is 18.4 Å². The van der Waals surface area contributed by atoms with Gasteiger partial charge in [0.1, 0.15) is 0 Å². The molecule has 0 aliphatic carbocycles. The fraction of sp³-hybridized carbons (Fsp3) is 0.391. The van der Waals surface area contributed by atoms with Crippen molar-refractivity contribution < 1.29 is 9.59 Å². The van der Waals surface area contributed by atoms with Crippen molar-refractivity contribution in [2.24, 2.45) is 11.8 Å². The van der Waals surface area contributed by atoms with Gasteiger partial charge >= 0.3 is 0 Å². The maximum absolute atomic E-state index is 12.5. The molecule has 0 unspecified atom stereocenters. The van der Waals surface area contributed by atoms with Gasteiger partial charge < -0.3 is 10.6 Å². The largest absolute Gasteiger partial charge is 0.356 e. The first kappa shape index (κ1) is 20.7. The first-order valence-electron chi connectivity index (χ1n) is 9.58. The fourth-order valence-corrected chi connectivity index (χ4v) is 3.15. The Morgan fingerprint density at radius 2 is 1.52 bits per heavy atom. The van der Waals surface area contributed by atoms with E-state index >= 15 is 0 Å². The van der Waals surface area contributed by atoms with E-state index < -0.39 is 0 Å². The molecule has 4 nitrogen and oxygen atoms in total. The van der Waals surface area contributed by atoms with E-state index in [4.69, 9.17) is 0 Å². The lowest BCUT2D eigenvalue weighted by molar-refractivity contribution is -0.123. The molecule has 0 spiro atoms. The van der Waals surface area contributed by atoms with Crippen LogP contribution in [-0.4, -0.2) is 18.4 Å². The molecule has 0 saturated heterocycles. The molecule has 0 bridgehead atoms. The number of hydrogen-bond acceptors (Lipinski definition) is 2. The van der Waals surface area contributed by atoms with Crippen LogP contribution in [0.25, 0.3) is 0 Å². The van der Waals surface area contributed by atoms with E-state index in [0.717, 1.165) is 12.0 Å². The van der Waals surface area contributed by atoms with Gasteiger partial charge in [-0.15, -0.1) is 0 Å². The maximum Gasteiger partial charge on any atom is 0.222 e. The Bertz CT molecular complexity index is 714. The quantitative estimate of drug-likeness (QED) is 0.707. The minimum Gasteiger partial charge on any atom is -0.356 e. The van der Waals surface area contributed by atoms with E-state index in [1.54, 1.807) is 0 Å². The summed E-state index contributed by atoms with van der Waals surface area (Å²) < 4.78 is 0. The second kappa shape index (κ2) is 10.5. The molecule has 0 heterocycles. The number of carbonyl (C=O) groups is 2. The van der Waals surface area contributed by atoms with Gasteiger partial charge in [-0.3, -0.25) is 9.59 Å². The highest BCUT2D eigenvalue weighted by atomic mass is 16.2. The van der Waals surface area contributed by atoms with Crippen molar-refractivity contribution in [1.29, 1.82) is 0 Å². The van der Waals surface area contributed by atoms with Gasteiger partial charge in [-0.25, -0.2) is 0 Å². The highest BCUT2D eigenvalue weighted by Crippen LogP contribution is 2.18. The van der Waals surface area contributed by atoms with E-state index in [1.165, 1.54) is 12.5 Å². The summed E-state index contributed by atoms with van der Waals surface area (Å²) in [6.45, 7) is 6.48. The lowest BCUT2D eigenvalue weighted by atomic mass is 9.89. The van der Waals surface area contributed by atoms with Crippen LogP contribution in [0.1, 0.15) is 44.4 Å². The molecule has 2 aromatic rings. The third kappa shape index (κ3) is 7.26. The summed E-state index contributed by atoms with van der Waals surface area (Å²) in [6.07, 6.45) is 1.17. The molecular weight excluding hydrogens is 336 g/mol. The monoisotopic (exact) mass is 366 g/mol. The van der Waals surface area contributed by atoms with Gasteiger partial charge in [0.05, 0.1) is 12.5 Å². The Morgan fingerprint density at radius 3 is 2.07 bits per heavy atom. The molecule has 2 aromatic carbocycles. The van der Waals surface area contributed by atoms with Crippen molar-refractivity contribution in [1.82, 2.24) is 10.6 Å². The lowest BCUT2D eigenvalue weighted by Crippen LogP contribution is -2.36. The van der Waals surface area contributed by atoms with Crippen molar-refractivity contribution in [2.45, 2.75) is 39.7 Å². The molecule has 0 aliphatic heterocycles. The van der Waals surface area contributed by atoms with Crippen molar-refractivity contribution in [2.75, 3.05) is 6.54 Å². The Balaban J connectivity index is 1.94. The molecule has 0 saturated carbocycles. The van der Waals surface area contributed by atoms with Gasteiger partial charge in [-0.05, 0) is 29.4 Å². The van der Waals surface area contributed by atoms with Crippen LogP contribution >= 0.6 is 0 Å². The lowest BCUT2D eigenvalue weighted by Gasteiger charge is -2.23. The summed E-state index contributed by atoms with van der Waals surface area (Å²) in [4.78, 5) is 24.1. The second-order valence-corrected chi connectivity index (χ2v) is 7.37. The van der Waals surface area contributed by atoms with Crippen LogP contribution in [0.4, 0.5) is 0 Å². The SMILES string of the molecule is CC(=O)N[C@H](CC(=O)NC[C@@H](Cc1ccccc1)C(C)C)c1ccccc1. The van der Waals surface area contributed by atoms with Crippen molar-refractivity contribution >= 4 is 11.8 Å². The number of benzene rings is 2. The highest BCUT2D eigenvalue weighted by Gasteiger charge is 2.19. The maximum atomic E-state index is 12.5. The molecule has 2 atom stereocenters. The topological polar surface area (TPSA) is 58.2 Å². The fourth-order valence-electron chi connectivity index (χ4n) is 3.15. The summed E-state index contributed by atoms with van der Waals surface area (Å²) >= 11 is 0. The molecule has 0 radical (unpaired) electrons. The summed E-state index contributed by atoms with van der Waals surface area (Å²) in [5.74, 6) is 0.648. The summed E-state index contributed by atoms with van der Waals surface area (Å²) in [7, 11) is 0. The molecule has 2 N–H and O–H groups in total. The van der Waals surface area contributed by atoms with Gasteiger partial charge in [0.15, 0.2) is 0 Å². The predicted molar refractivity (Wildman–Crippen MR) is 109 cm³/mol. The highest BCUT2D eigenvalue weighted by molar-refractivity contribution is 5.79. The van der Waals surface area contributed by atoms with E-state index in [9.17, 15) is 9.59 Å². The standard InChI is InChI=1S/C23H30N2O2/c1-17(2)21(14-19-10-6-4-7-11-19)16-24-23(27)15-22(25-18(3)26)20-12-8-5-9-13-20/h4-13,17,21-22H,14-16H2,1-3H3,(H,24,27)(H,25,26)/t21-,22-/m1/s1. The van der Waals surface area contributed by atoms with Crippen LogP contribution < -0.4 is 10.6 Å². The van der Waals surface area contributed by atoms with Crippen molar-refractivity contribution in [3.63, 3.8) is 0 Å². The molecule has 0 aromatic heterocycles. The van der Waals surface area contributed by atoms with Crippen molar-refractivity contribution in [3.8, 4) is 0 Å². The number of rotatable bonds is 9. The van der Waals surface area contributed by atoms with Crippen LogP contribution in [0.5, 0.6) is 0 Å². The summed E-state index contributed by atoms with van der Waals surface area (Å²) in [5, 5.41) is 5.95. The first-order valence-corrected chi connectivity index (χ1v) is 9.58. The molecule has 0 aliphatic rings. The summed E-state index contributed by atoms with van der Waals surface area (Å²) in [5.41, 5.74) is 2.22. The Labute approximate surface area is 162 Å². The smallest absolute Gasteiger partial charge is 0.222 e. The minimum atomic E-state index is -0.310. The van der Waals surface area contributed by atoms with Crippen LogP contribution in [0.15, 0.2) is 60.7 Å². The zero-order chi connectivity index (χ0) is 19.6. The van der Waals surface area contributed by atoms with Crippen LogP contribution in [0.2, 0.25) is 0 Å². The molecule has 2 rings (SSSR count). The molecular formula is C23H30N2O2. The zero-order valence-electron chi connectivity index (χ0n) is 16.4. The average Bonchev–Trinajstić information content (AvgIpc) is 2.65. The number of nitrogens with one attached hydrogen (secondary N) is 2.